The zero-order chi connectivity index (χ0) is 11.7. The van der Waals surface area contributed by atoms with Crippen molar-refractivity contribution in [3.8, 4) is 0 Å². The summed E-state index contributed by atoms with van der Waals surface area (Å²) >= 11 is 0. The van der Waals surface area contributed by atoms with Gasteiger partial charge in [-0.2, -0.15) is 0 Å². The van der Waals surface area contributed by atoms with E-state index in [2.05, 4.69) is 29.1 Å². The largest absolute Gasteiger partial charge is 0.300 e. The van der Waals surface area contributed by atoms with Crippen molar-refractivity contribution in [2.75, 3.05) is 13.1 Å². The second kappa shape index (κ2) is 4.77. The maximum absolute atomic E-state index is 4.35. The van der Waals surface area contributed by atoms with Crippen LogP contribution in [0.4, 0.5) is 0 Å². The lowest BCUT2D eigenvalue weighted by atomic mass is 9.79. The molecule has 1 aliphatic carbocycles. The molecule has 3 rings (SSSR count). The van der Waals surface area contributed by atoms with Crippen molar-refractivity contribution in [1.82, 2.24) is 4.90 Å². The number of hydrogen-bond acceptors (Lipinski definition) is 2. The summed E-state index contributed by atoms with van der Waals surface area (Å²) in [6.07, 6.45) is 12.9. The Hall–Kier alpha value is -0.890. The van der Waals surface area contributed by atoms with Crippen LogP contribution in [0.1, 0.15) is 39.0 Å². The summed E-state index contributed by atoms with van der Waals surface area (Å²) in [7, 11) is 0. The number of rotatable bonds is 2. The van der Waals surface area contributed by atoms with Gasteiger partial charge >= 0.3 is 0 Å². The van der Waals surface area contributed by atoms with Crippen LogP contribution in [0.2, 0.25) is 0 Å². The second-order valence-corrected chi connectivity index (χ2v) is 5.35. The van der Waals surface area contributed by atoms with E-state index in [1.54, 1.807) is 5.57 Å². The fourth-order valence-electron chi connectivity index (χ4n) is 3.71. The summed E-state index contributed by atoms with van der Waals surface area (Å²) in [6, 6.07) is 0.812. The minimum atomic E-state index is 0.795. The van der Waals surface area contributed by atoms with E-state index in [0.29, 0.717) is 0 Å². The van der Waals surface area contributed by atoms with Crippen molar-refractivity contribution in [1.29, 1.82) is 0 Å². The lowest BCUT2D eigenvalue weighted by Gasteiger charge is -2.33. The van der Waals surface area contributed by atoms with Crippen LogP contribution in [0.3, 0.4) is 0 Å². The lowest BCUT2D eigenvalue weighted by molar-refractivity contribution is 0.230. The molecule has 2 nitrogen and oxygen atoms in total. The van der Waals surface area contributed by atoms with Crippen LogP contribution in [0.25, 0.3) is 0 Å². The predicted octanol–water partition coefficient (Wildman–Crippen LogP) is 3.17. The van der Waals surface area contributed by atoms with E-state index < -0.39 is 0 Å². The quantitative estimate of drug-likeness (QED) is 0.711. The molecular weight excluding hydrogens is 208 g/mol. The van der Waals surface area contributed by atoms with E-state index >= 15 is 0 Å². The third-order valence-corrected chi connectivity index (χ3v) is 4.54. The van der Waals surface area contributed by atoms with E-state index in [9.17, 15) is 0 Å². The lowest BCUT2D eigenvalue weighted by Crippen LogP contribution is -2.35. The highest BCUT2D eigenvalue weighted by atomic mass is 15.2. The normalized spacial score (nSPS) is 33.2. The van der Waals surface area contributed by atoms with Crippen LogP contribution in [0.5, 0.6) is 0 Å². The second-order valence-electron chi connectivity index (χ2n) is 5.35. The maximum atomic E-state index is 4.35. The Kier molecular flexibility index (Phi) is 3.15. The zero-order valence-electron chi connectivity index (χ0n) is 10.7. The van der Waals surface area contributed by atoms with Gasteiger partial charge in [0, 0.05) is 24.4 Å². The Morgan fingerprint density at radius 2 is 2.29 bits per heavy atom. The minimum Gasteiger partial charge on any atom is -0.300 e. The van der Waals surface area contributed by atoms with Crippen molar-refractivity contribution >= 4 is 6.21 Å². The molecule has 2 heterocycles. The average Bonchev–Trinajstić information content (AvgIpc) is 2.82. The molecule has 0 amide bonds. The molecule has 0 saturated carbocycles. The number of likely N-dealkylation sites (tertiary alicyclic amines) is 1. The van der Waals surface area contributed by atoms with Crippen molar-refractivity contribution in [2.45, 2.75) is 45.1 Å². The molecule has 2 aliphatic heterocycles. The Balaban J connectivity index is 1.83. The van der Waals surface area contributed by atoms with Gasteiger partial charge in [0.2, 0.25) is 0 Å². The summed E-state index contributed by atoms with van der Waals surface area (Å²) in [4.78, 5) is 7.02. The Bertz CT molecular complexity index is 378. The fraction of sp³-hybridized carbons (Fsp3) is 0.667. The van der Waals surface area contributed by atoms with Crippen LogP contribution in [0.15, 0.2) is 28.4 Å². The van der Waals surface area contributed by atoms with Gasteiger partial charge in [-0.1, -0.05) is 13.0 Å². The molecule has 1 saturated heterocycles. The molecule has 1 fully saturated rings. The Morgan fingerprint density at radius 1 is 1.35 bits per heavy atom. The van der Waals surface area contributed by atoms with Gasteiger partial charge in [-0.15, -0.1) is 0 Å². The first-order valence-corrected chi connectivity index (χ1v) is 7.05. The number of allylic oxidation sites excluding steroid dienone is 2. The maximum Gasteiger partial charge on any atom is 0.0298 e. The van der Waals surface area contributed by atoms with E-state index in [1.807, 2.05) is 6.21 Å². The predicted molar refractivity (Wildman–Crippen MR) is 72.3 cm³/mol. The number of aliphatic imine (C=N–C) groups is 1. The summed E-state index contributed by atoms with van der Waals surface area (Å²) in [5, 5.41) is 0. The molecule has 0 aromatic heterocycles. The van der Waals surface area contributed by atoms with Gasteiger partial charge in [0.25, 0.3) is 0 Å². The minimum absolute atomic E-state index is 0.795. The molecule has 0 aromatic carbocycles. The first-order valence-electron chi connectivity index (χ1n) is 7.05. The van der Waals surface area contributed by atoms with Crippen LogP contribution in [-0.2, 0) is 0 Å². The monoisotopic (exact) mass is 230 g/mol. The summed E-state index contributed by atoms with van der Waals surface area (Å²) < 4.78 is 0. The molecule has 0 aromatic rings. The van der Waals surface area contributed by atoms with Crippen molar-refractivity contribution in [3.63, 3.8) is 0 Å². The Morgan fingerprint density at radius 3 is 3.06 bits per heavy atom. The fourth-order valence-corrected chi connectivity index (χ4v) is 3.71. The highest BCUT2D eigenvalue weighted by Gasteiger charge is 2.37. The molecule has 0 bridgehead atoms. The Labute approximate surface area is 104 Å². The van der Waals surface area contributed by atoms with E-state index in [-0.39, 0.29) is 0 Å². The van der Waals surface area contributed by atoms with Gasteiger partial charge in [0.05, 0.1) is 0 Å². The van der Waals surface area contributed by atoms with Crippen LogP contribution in [-0.4, -0.2) is 30.2 Å². The summed E-state index contributed by atoms with van der Waals surface area (Å²) in [5.74, 6) is 0.795. The van der Waals surface area contributed by atoms with Gasteiger partial charge in [-0.3, -0.25) is 4.99 Å². The average molecular weight is 230 g/mol. The molecule has 0 spiro atoms. The van der Waals surface area contributed by atoms with Gasteiger partial charge in [0.1, 0.15) is 0 Å². The van der Waals surface area contributed by atoms with E-state index in [4.69, 9.17) is 0 Å². The van der Waals surface area contributed by atoms with Crippen molar-refractivity contribution < 1.29 is 0 Å². The number of fused-ring (bicyclic) bond motifs is 1. The molecule has 0 N–H and O–H groups in total. The van der Waals surface area contributed by atoms with Gasteiger partial charge in [-0.05, 0) is 56.3 Å². The molecule has 17 heavy (non-hydrogen) atoms. The van der Waals surface area contributed by atoms with Crippen LogP contribution < -0.4 is 0 Å². The van der Waals surface area contributed by atoms with Gasteiger partial charge in [0.15, 0.2) is 0 Å². The molecule has 3 aliphatic rings. The number of nitrogens with zero attached hydrogens (tertiary/aromatic N) is 2. The molecule has 2 heteroatoms. The highest BCUT2D eigenvalue weighted by molar-refractivity contribution is 5.61. The SMILES string of the molecule is CCN1CCC2C(C3=CN=CCC3)=CCCC21. The first kappa shape index (κ1) is 11.2. The molecular formula is C15H22N2. The summed E-state index contributed by atoms with van der Waals surface area (Å²) in [6.45, 7) is 4.80. The van der Waals surface area contributed by atoms with E-state index in [1.165, 1.54) is 44.3 Å². The zero-order valence-corrected chi connectivity index (χ0v) is 10.7. The topological polar surface area (TPSA) is 15.6 Å². The van der Waals surface area contributed by atoms with E-state index in [0.717, 1.165) is 18.4 Å². The van der Waals surface area contributed by atoms with Gasteiger partial charge in [-0.25, -0.2) is 0 Å². The summed E-state index contributed by atoms with van der Waals surface area (Å²) in [5.41, 5.74) is 3.15. The van der Waals surface area contributed by atoms with Crippen molar-refractivity contribution in [3.05, 3.63) is 23.4 Å². The van der Waals surface area contributed by atoms with Crippen LogP contribution in [0, 0.1) is 5.92 Å². The standard InChI is InChI=1S/C15H22N2/c1-2-17-10-8-14-13(6-3-7-15(14)17)12-5-4-9-16-11-12/h6,9,11,14-15H,2-5,7-8,10H2,1H3. The third kappa shape index (κ3) is 1.99. The van der Waals surface area contributed by atoms with Crippen LogP contribution >= 0.6 is 0 Å². The first-order chi connectivity index (χ1) is 8.40. The smallest absolute Gasteiger partial charge is 0.0298 e. The molecule has 92 valence electrons. The molecule has 2 atom stereocenters. The van der Waals surface area contributed by atoms with Gasteiger partial charge < -0.3 is 4.90 Å². The molecule has 2 unspecified atom stereocenters. The van der Waals surface area contributed by atoms with Crippen molar-refractivity contribution in [2.24, 2.45) is 10.9 Å². The third-order valence-electron chi connectivity index (χ3n) is 4.54. The highest BCUT2D eigenvalue weighted by Crippen LogP contribution is 2.41. The number of hydrogen-bond donors (Lipinski definition) is 0. The molecule has 0 radical (unpaired) electrons.